The summed E-state index contributed by atoms with van der Waals surface area (Å²) in [6, 6.07) is 29.2. The van der Waals surface area contributed by atoms with Crippen molar-refractivity contribution in [3.63, 3.8) is 0 Å². The zero-order chi connectivity index (χ0) is 22.4. The molecular weight excluding hydrogens is 519 g/mol. The first-order valence-corrected chi connectivity index (χ1v) is 12.4. The van der Waals surface area contributed by atoms with E-state index in [-0.39, 0.29) is 11.9 Å². The Bertz CT molecular complexity index is 1410. The summed E-state index contributed by atoms with van der Waals surface area (Å²) >= 11 is 2.21. The van der Waals surface area contributed by atoms with E-state index in [0.29, 0.717) is 17.4 Å². The Labute approximate surface area is 207 Å². The molecule has 2 aliphatic rings. The molecule has 1 aliphatic carbocycles. The molecule has 0 saturated heterocycles. The lowest BCUT2D eigenvalue weighted by molar-refractivity contribution is 0.102. The molecule has 3 nitrogen and oxygen atoms in total. The molecule has 0 aromatic heterocycles. The summed E-state index contributed by atoms with van der Waals surface area (Å²) in [5.74, 6) is 0.761. The number of hydrogen-bond acceptors (Lipinski definition) is 2. The van der Waals surface area contributed by atoms with Gasteiger partial charge in [-0.15, -0.1) is 0 Å². The van der Waals surface area contributed by atoms with Crippen LogP contribution in [0.4, 0.5) is 11.4 Å². The molecule has 1 heterocycles. The van der Waals surface area contributed by atoms with Crippen LogP contribution in [0.2, 0.25) is 0 Å². The van der Waals surface area contributed by atoms with E-state index in [4.69, 9.17) is 0 Å². The fourth-order valence-corrected chi connectivity index (χ4v) is 6.00. The maximum atomic E-state index is 12.9. The van der Waals surface area contributed by atoms with Crippen LogP contribution in [0.5, 0.6) is 0 Å². The number of halogens is 1. The Kier molecular flexibility index (Phi) is 5.18. The van der Waals surface area contributed by atoms with Gasteiger partial charge in [0, 0.05) is 20.9 Å². The first-order chi connectivity index (χ1) is 16.2. The molecule has 0 spiro atoms. The molecule has 2 N–H and O–H groups in total. The van der Waals surface area contributed by atoms with Gasteiger partial charge < -0.3 is 10.6 Å². The summed E-state index contributed by atoms with van der Waals surface area (Å²) in [7, 11) is 0. The number of nitrogens with one attached hydrogen (secondary N) is 2. The van der Waals surface area contributed by atoms with E-state index in [2.05, 4.69) is 93.9 Å². The van der Waals surface area contributed by atoms with Crippen LogP contribution in [0.3, 0.4) is 0 Å². The van der Waals surface area contributed by atoms with Crippen LogP contribution in [0.15, 0.2) is 97.1 Å². The lowest BCUT2D eigenvalue weighted by Crippen LogP contribution is -2.29. The van der Waals surface area contributed by atoms with Gasteiger partial charge in [-0.2, -0.15) is 0 Å². The number of hydrogen-bond donors (Lipinski definition) is 2. The third-order valence-corrected chi connectivity index (χ3v) is 7.82. The number of allylic oxidation sites excluding steroid dienone is 2. The SMILES string of the molecule is O=C(Nc1cccc([C@@H]2Nc3ccc4ccccc4c3[C@H]3C=CC[C@@H]32)c1)c1ccccc1I. The summed E-state index contributed by atoms with van der Waals surface area (Å²) in [5.41, 5.74) is 5.34. The zero-order valence-corrected chi connectivity index (χ0v) is 20.1. The predicted molar refractivity (Wildman–Crippen MR) is 144 cm³/mol. The van der Waals surface area contributed by atoms with Gasteiger partial charge in [0.2, 0.25) is 0 Å². The van der Waals surface area contributed by atoms with Crippen molar-refractivity contribution >= 4 is 50.6 Å². The van der Waals surface area contributed by atoms with Crippen LogP contribution in [-0.2, 0) is 0 Å². The summed E-state index contributed by atoms with van der Waals surface area (Å²) in [6.07, 6.45) is 5.75. The van der Waals surface area contributed by atoms with E-state index in [1.165, 1.54) is 27.6 Å². The molecule has 0 fully saturated rings. The highest BCUT2D eigenvalue weighted by Gasteiger charge is 2.38. The van der Waals surface area contributed by atoms with Crippen molar-refractivity contribution in [2.75, 3.05) is 10.6 Å². The minimum absolute atomic E-state index is 0.0778. The molecule has 0 saturated carbocycles. The van der Waals surface area contributed by atoms with Crippen LogP contribution >= 0.6 is 22.6 Å². The number of anilines is 2. The normalized spacial score (nSPS) is 20.7. The van der Waals surface area contributed by atoms with Crippen molar-refractivity contribution in [3.8, 4) is 0 Å². The molecule has 4 heteroatoms. The fraction of sp³-hybridized carbons (Fsp3) is 0.138. The van der Waals surface area contributed by atoms with E-state index in [1.54, 1.807) is 0 Å². The average Bonchev–Trinajstić information content (AvgIpc) is 3.33. The summed E-state index contributed by atoms with van der Waals surface area (Å²) in [4.78, 5) is 12.9. The monoisotopic (exact) mass is 542 g/mol. The number of fused-ring (bicyclic) bond motifs is 5. The first-order valence-electron chi connectivity index (χ1n) is 11.3. The van der Waals surface area contributed by atoms with Gasteiger partial charge >= 0.3 is 0 Å². The number of carbonyl (C=O) groups is 1. The number of benzene rings is 4. The van der Waals surface area contributed by atoms with E-state index < -0.39 is 0 Å². The molecule has 4 aromatic rings. The van der Waals surface area contributed by atoms with E-state index in [0.717, 1.165) is 15.7 Å². The Hall–Kier alpha value is -3.12. The van der Waals surface area contributed by atoms with Crippen LogP contribution in [0, 0.1) is 9.49 Å². The minimum Gasteiger partial charge on any atom is -0.378 e. The highest BCUT2D eigenvalue weighted by molar-refractivity contribution is 14.1. The topological polar surface area (TPSA) is 41.1 Å². The summed E-state index contributed by atoms with van der Waals surface area (Å²) in [5, 5.41) is 9.56. The summed E-state index contributed by atoms with van der Waals surface area (Å²) < 4.78 is 0.946. The molecule has 4 aromatic carbocycles. The van der Waals surface area contributed by atoms with E-state index >= 15 is 0 Å². The third-order valence-electron chi connectivity index (χ3n) is 6.88. The number of carbonyl (C=O) groups excluding carboxylic acids is 1. The van der Waals surface area contributed by atoms with Gasteiger partial charge in [-0.1, -0.05) is 66.7 Å². The molecule has 3 atom stereocenters. The molecular formula is C29H23IN2O. The second kappa shape index (κ2) is 8.34. The predicted octanol–water partition coefficient (Wildman–Crippen LogP) is 7.52. The van der Waals surface area contributed by atoms with Gasteiger partial charge in [-0.3, -0.25) is 4.79 Å². The van der Waals surface area contributed by atoms with Gasteiger partial charge in [0.05, 0.1) is 11.6 Å². The van der Waals surface area contributed by atoms with Gasteiger partial charge in [0.15, 0.2) is 0 Å². The quantitative estimate of drug-likeness (QED) is 0.208. The second-order valence-electron chi connectivity index (χ2n) is 8.78. The van der Waals surface area contributed by atoms with Crippen LogP contribution in [0.1, 0.15) is 39.9 Å². The van der Waals surface area contributed by atoms with Crippen molar-refractivity contribution < 1.29 is 4.79 Å². The van der Waals surface area contributed by atoms with Gasteiger partial charge in [-0.25, -0.2) is 0 Å². The lowest BCUT2D eigenvalue weighted by Gasteiger charge is -2.38. The van der Waals surface area contributed by atoms with Crippen molar-refractivity contribution in [1.29, 1.82) is 0 Å². The average molecular weight is 542 g/mol. The Balaban J connectivity index is 1.34. The highest BCUT2D eigenvalue weighted by atomic mass is 127. The fourth-order valence-electron chi connectivity index (χ4n) is 5.36. The van der Waals surface area contributed by atoms with Crippen molar-refractivity contribution in [2.24, 2.45) is 5.92 Å². The van der Waals surface area contributed by atoms with Crippen molar-refractivity contribution in [2.45, 2.75) is 18.4 Å². The Morgan fingerprint density at radius 1 is 0.939 bits per heavy atom. The van der Waals surface area contributed by atoms with Gasteiger partial charge in [0.1, 0.15) is 0 Å². The van der Waals surface area contributed by atoms with E-state index in [1.807, 2.05) is 36.4 Å². The molecule has 0 radical (unpaired) electrons. The molecule has 0 unspecified atom stereocenters. The second-order valence-corrected chi connectivity index (χ2v) is 9.95. The maximum Gasteiger partial charge on any atom is 0.256 e. The standard InChI is InChI=1S/C29H23IN2O/c30-25-14-4-3-11-24(25)29(33)31-20-9-5-8-19(17-20)28-23-13-6-12-22(23)27-21-10-2-1-7-18(21)15-16-26(27)32-28/h1-12,14-17,22-23,28,32H,13H2,(H,31,33)/t22-,23-,28-/m0/s1. The summed E-state index contributed by atoms with van der Waals surface area (Å²) in [6.45, 7) is 0. The number of rotatable bonds is 3. The largest absolute Gasteiger partial charge is 0.378 e. The third kappa shape index (κ3) is 3.62. The lowest BCUT2D eigenvalue weighted by atomic mass is 9.75. The van der Waals surface area contributed by atoms with E-state index in [9.17, 15) is 4.79 Å². The molecule has 33 heavy (non-hydrogen) atoms. The van der Waals surface area contributed by atoms with Gasteiger partial charge in [0.25, 0.3) is 5.91 Å². The zero-order valence-electron chi connectivity index (χ0n) is 18.0. The van der Waals surface area contributed by atoms with Crippen LogP contribution in [0.25, 0.3) is 10.8 Å². The first kappa shape index (κ1) is 20.5. The molecule has 0 bridgehead atoms. The smallest absolute Gasteiger partial charge is 0.256 e. The molecule has 6 rings (SSSR count). The molecule has 1 amide bonds. The minimum atomic E-state index is -0.0778. The van der Waals surface area contributed by atoms with Crippen LogP contribution < -0.4 is 10.6 Å². The Morgan fingerprint density at radius 3 is 2.70 bits per heavy atom. The van der Waals surface area contributed by atoms with Crippen LogP contribution in [-0.4, -0.2) is 5.91 Å². The highest BCUT2D eigenvalue weighted by Crippen LogP contribution is 2.51. The molecule has 162 valence electrons. The van der Waals surface area contributed by atoms with Crippen molar-refractivity contribution in [1.82, 2.24) is 0 Å². The number of amides is 1. The van der Waals surface area contributed by atoms with Gasteiger partial charge in [-0.05, 0) is 87.2 Å². The maximum absolute atomic E-state index is 12.9. The molecule has 1 aliphatic heterocycles. The van der Waals surface area contributed by atoms with Crippen molar-refractivity contribution in [3.05, 3.63) is 117 Å². The Morgan fingerprint density at radius 2 is 1.79 bits per heavy atom.